The van der Waals surface area contributed by atoms with E-state index >= 15 is 0 Å². The number of benzene rings is 4. The van der Waals surface area contributed by atoms with Gasteiger partial charge >= 0.3 is 0 Å². The number of anilines is 1. The molecule has 1 heterocycles. The number of carbonyl (C=O) groups is 1. The Morgan fingerprint density at radius 3 is 1.71 bits per heavy atom. The molecule has 0 fully saturated rings. The number of aromatic nitrogens is 2. The Labute approximate surface area is 203 Å². The van der Waals surface area contributed by atoms with Crippen molar-refractivity contribution in [1.29, 1.82) is 0 Å². The van der Waals surface area contributed by atoms with E-state index in [1.54, 1.807) is 0 Å². The Bertz CT molecular complexity index is 1500. The summed E-state index contributed by atoms with van der Waals surface area (Å²) in [5.74, 6) is -0.393. The van der Waals surface area contributed by atoms with Gasteiger partial charge < -0.3 is 5.32 Å². The predicted octanol–water partition coefficient (Wildman–Crippen LogP) is 5.88. The molecule has 5 heteroatoms. The van der Waals surface area contributed by atoms with Crippen molar-refractivity contribution >= 4 is 11.6 Å². The average Bonchev–Trinajstić information content (AvgIpc) is 2.92. The number of hydrogen-bond acceptors (Lipinski definition) is 3. The van der Waals surface area contributed by atoms with Gasteiger partial charge in [-0.25, -0.2) is 4.98 Å². The zero-order chi connectivity index (χ0) is 24.0. The lowest BCUT2D eigenvalue weighted by Crippen LogP contribution is -2.32. The van der Waals surface area contributed by atoms with Crippen LogP contribution in [-0.4, -0.2) is 15.5 Å². The second-order valence-electron chi connectivity index (χ2n) is 8.09. The average molecular weight is 458 g/mol. The molecule has 5 aromatic rings. The molecule has 0 saturated carbocycles. The van der Waals surface area contributed by atoms with E-state index in [4.69, 9.17) is 4.98 Å². The van der Waals surface area contributed by atoms with E-state index in [0.717, 1.165) is 11.1 Å². The maximum Gasteiger partial charge on any atom is 0.278 e. The molecule has 0 unspecified atom stereocenters. The maximum atomic E-state index is 13.9. The monoisotopic (exact) mass is 457 g/mol. The van der Waals surface area contributed by atoms with E-state index in [0.29, 0.717) is 22.6 Å². The fourth-order valence-electron chi connectivity index (χ4n) is 4.01. The molecule has 0 aliphatic heterocycles. The smallest absolute Gasteiger partial charge is 0.278 e. The summed E-state index contributed by atoms with van der Waals surface area (Å²) in [7, 11) is 0. The van der Waals surface area contributed by atoms with Crippen LogP contribution in [0.1, 0.15) is 16.1 Å². The second kappa shape index (κ2) is 10.0. The van der Waals surface area contributed by atoms with Crippen LogP contribution in [-0.2, 0) is 6.54 Å². The molecular formula is C30H23N3O2. The van der Waals surface area contributed by atoms with Crippen molar-refractivity contribution in [3.05, 3.63) is 143 Å². The van der Waals surface area contributed by atoms with Crippen molar-refractivity contribution < 1.29 is 4.79 Å². The van der Waals surface area contributed by atoms with Gasteiger partial charge in [0.05, 0.1) is 6.54 Å². The van der Waals surface area contributed by atoms with Gasteiger partial charge in [0, 0.05) is 16.8 Å². The highest BCUT2D eigenvalue weighted by molar-refractivity contribution is 6.07. The quantitative estimate of drug-likeness (QED) is 0.346. The molecule has 1 amide bonds. The third-order valence-electron chi connectivity index (χ3n) is 5.69. The van der Waals surface area contributed by atoms with Gasteiger partial charge in [0.1, 0.15) is 17.1 Å². The van der Waals surface area contributed by atoms with E-state index in [1.165, 1.54) is 4.57 Å². The van der Waals surface area contributed by atoms with Crippen LogP contribution in [0.4, 0.5) is 5.69 Å². The van der Waals surface area contributed by atoms with E-state index in [1.807, 2.05) is 121 Å². The zero-order valence-electron chi connectivity index (χ0n) is 19.0. The third-order valence-corrected chi connectivity index (χ3v) is 5.69. The van der Waals surface area contributed by atoms with Crippen LogP contribution < -0.4 is 10.9 Å². The Kier molecular flexibility index (Phi) is 6.31. The molecule has 5 nitrogen and oxygen atoms in total. The molecular weight excluding hydrogens is 434 g/mol. The second-order valence-corrected chi connectivity index (χ2v) is 8.09. The molecule has 0 aliphatic carbocycles. The summed E-state index contributed by atoms with van der Waals surface area (Å²) in [6.07, 6.45) is 0. The first-order chi connectivity index (χ1) is 17.2. The van der Waals surface area contributed by atoms with Crippen LogP contribution in [0.2, 0.25) is 0 Å². The van der Waals surface area contributed by atoms with Gasteiger partial charge in [-0.3, -0.25) is 14.2 Å². The summed E-state index contributed by atoms with van der Waals surface area (Å²) in [6.45, 7) is 0.236. The largest absolute Gasteiger partial charge is 0.321 e. The summed E-state index contributed by atoms with van der Waals surface area (Å²) in [5.41, 5.74) is 3.66. The van der Waals surface area contributed by atoms with E-state index in [9.17, 15) is 9.59 Å². The van der Waals surface area contributed by atoms with E-state index < -0.39 is 5.91 Å². The van der Waals surface area contributed by atoms with Crippen LogP contribution >= 0.6 is 0 Å². The van der Waals surface area contributed by atoms with Gasteiger partial charge in [0.15, 0.2) is 0 Å². The van der Waals surface area contributed by atoms with Gasteiger partial charge in [0.2, 0.25) is 0 Å². The summed E-state index contributed by atoms with van der Waals surface area (Å²) >= 11 is 0. The van der Waals surface area contributed by atoms with Gasteiger partial charge in [-0.1, -0.05) is 109 Å². The van der Waals surface area contributed by atoms with Crippen molar-refractivity contribution in [2.24, 2.45) is 0 Å². The van der Waals surface area contributed by atoms with Crippen molar-refractivity contribution in [2.45, 2.75) is 6.54 Å². The number of nitrogens with one attached hydrogen (secondary N) is 1. The van der Waals surface area contributed by atoms with Gasteiger partial charge in [-0.15, -0.1) is 0 Å². The standard InChI is InChI=1S/C30H23N3O2/c34-29(31-25-19-11-4-12-20-25)28-26(23-15-7-2-8-16-23)32-27(24-17-9-3-10-18-24)30(35)33(28)21-22-13-5-1-6-14-22/h1-20H,21H2,(H,31,34). The topological polar surface area (TPSA) is 64.0 Å². The fourth-order valence-corrected chi connectivity index (χ4v) is 4.01. The zero-order valence-corrected chi connectivity index (χ0v) is 19.0. The maximum absolute atomic E-state index is 13.9. The minimum Gasteiger partial charge on any atom is -0.321 e. The van der Waals surface area contributed by atoms with Crippen LogP contribution in [0.5, 0.6) is 0 Å². The van der Waals surface area contributed by atoms with E-state index in [2.05, 4.69) is 5.32 Å². The Hall–Kier alpha value is -4.77. The van der Waals surface area contributed by atoms with Gasteiger partial charge in [-0.2, -0.15) is 0 Å². The SMILES string of the molecule is O=C(Nc1ccccc1)c1c(-c2ccccc2)nc(-c2ccccc2)c(=O)n1Cc1ccccc1. The Morgan fingerprint density at radius 2 is 1.14 bits per heavy atom. The first-order valence-corrected chi connectivity index (χ1v) is 11.4. The Morgan fingerprint density at radius 1 is 0.657 bits per heavy atom. The number of rotatable bonds is 6. The fraction of sp³-hybridized carbons (Fsp3) is 0.0333. The number of amides is 1. The summed E-state index contributed by atoms with van der Waals surface area (Å²) in [6, 6.07) is 37.7. The van der Waals surface area contributed by atoms with Gasteiger partial charge in [-0.05, 0) is 17.7 Å². The highest BCUT2D eigenvalue weighted by Gasteiger charge is 2.24. The van der Waals surface area contributed by atoms with Crippen LogP contribution in [0.15, 0.2) is 126 Å². The molecule has 0 radical (unpaired) electrons. The first kappa shape index (κ1) is 22.0. The van der Waals surface area contributed by atoms with Crippen molar-refractivity contribution in [1.82, 2.24) is 9.55 Å². The molecule has 170 valence electrons. The number of nitrogens with zero attached hydrogens (tertiary/aromatic N) is 2. The van der Waals surface area contributed by atoms with Crippen LogP contribution in [0.3, 0.4) is 0 Å². The molecule has 0 saturated heterocycles. The molecule has 1 aromatic heterocycles. The lowest BCUT2D eigenvalue weighted by atomic mass is 10.1. The molecule has 5 rings (SSSR count). The molecule has 0 aliphatic rings. The van der Waals surface area contributed by atoms with Gasteiger partial charge in [0.25, 0.3) is 11.5 Å². The minimum absolute atomic E-state index is 0.216. The summed E-state index contributed by atoms with van der Waals surface area (Å²) in [4.78, 5) is 32.3. The lowest BCUT2D eigenvalue weighted by molar-refractivity contribution is 0.101. The van der Waals surface area contributed by atoms with Crippen molar-refractivity contribution in [3.63, 3.8) is 0 Å². The van der Waals surface area contributed by atoms with Crippen molar-refractivity contribution in [3.8, 4) is 22.5 Å². The van der Waals surface area contributed by atoms with Crippen LogP contribution in [0.25, 0.3) is 22.5 Å². The summed E-state index contributed by atoms with van der Waals surface area (Å²) in [5, 5.41) is 2.94. The lowest BCUT2D eigenvalue weighted by Gasteiger charge is -2.18. The highest BCUT2D eigenvalue weighted by Crippen LogP contribution is 2.25. The molecule has 35 heavy (non-hydrogen) atoms. The van der Waals surface area contributed by atoms with E-state index in [-0.39, 0.29) is 17.8 Å². The molecule has 0 spiro atoms. The first-order valence-electron chi connectivity index (χ1n) is 11.4. The number of carbonyl (C=O) groups excluding carboxylic acids is 1. The highest BCUT2D eigenvalue weighted by atomic mass is 16.2. The predicted molar refractivity (Wildman–Crippen MR) is 139 cm³/mol. The number of para-hydroxylation sites is 1. The van der Waals surface area contributed by atoms with Crippen molar-refractivity contribution in [2.75, 3.05) is 5.32 Å². The summed E-state index contributed by atoms with van der Waals surface area (Å²) < 4.78 is 1.53. The third kappa shape index (κ3) is 4.80. The number of hydrogen-bond donors (Lipinski definition) is 1. The molecule has 0 atom stereocenters. The molecule has 1 N–H and O–H groups in total. The van der Waals surface area contributed by atoms with Crippen LogP contribution in [0, 0.1) is 0 Å². The Balaban J connectivity index is 1.77. The molecule has 4 aromatic carbocycles. The normalized spacial score (nSPS) is 10.6. The minimum atomic E-state index is -0.393. The molecule has 0 bridgehead atoms.